The molecule has 0 radical (unpaired) electrons. The van der Waals surface area contributed by atoms with Crippen molar-refractivity contribution in [3.63, 3.8) is 0 Å². The molecule has 0 bridgehead atoms. The Morgan fingerprint density at radius 3 is 2.00 bits per heavy atom. The second-order valence-electron chi connectivity index (χ2n) is 4.09. The zero-order valence-electron chi connectivity index (χ0n) is 10.1. The van der Waals surface area contributed by atoms with Gasteiger partial charge in [0.15, 0.2) is 0 Å². The molecule has 98 valence electrons. The highest BCUT2D eigenvalue weighted by molar-refractivity contribution is 5.43. The molecule has 0 heterocycles. The summed E-state index contributed by atoms with van der Waals surface area (Å²) in [6, 6.07) is 12.0. The first-order valence-electron chi connectivity index (χ1n) is 5.61. The van der Waals surface area contributed by atoms with E-state index in [1.165, 1.54) is 12.1 Å². The highest BCUT2D eigenvalue weighted by Gasteiger charge is 2.30. The Hall–Kier alpha value is -2.17. The molecule has 0 spiro atoms. The van der Waals surface area contributed by atoms with E-state index in [9.17, 15) is 13.2 Å². The van der Waals surface area contributed by atoms with Gasteiger partial charge in [-0.25, -0.2) is 0 Å². The average molecular weight is 264 g/mol. The fourth-order valence-electron chi connectivity index (χ4n) is 1.55. The Morgan fingerprint density at radius 1 is 0.842 bits per heavy atom. The number of nitrogens with zero attached hydrogens (tertiary/aromatic N) is 2. The Bertz CT molecular complexity index is 604. The van der Waals surface area contributed by atoms with Crippen molar-refractivity contribution in [1.29, 1.82) is 0 Å². The van der Waals surface area contributed by atoms with Crippen LogP contribution in [0.15, 0.2) is 58.8 Å². The molecule has 2 aromatic rings. The zero-order valence-corrected chi connectivity index (χ0v) is 10.1. The third-order valence-corrected chi connectivity index (χ3v) is 2.46. The van der Waals surface area contributed by atoms with Crippen LogP contribution in [0.1, 0.15) is 11.1 Å². The number of hydrogen-bond acceptors (Lipinski definition) is 2. The molecule has 0 aliphatic rings. The summed E-state index contributed by atoms with van der Waals surface area (Å²) in [6.07, 6.45) is -4.37. The fraction of sp³-hybridized carbons (Fsp3) is 0.143. The summed E-state index contributed by atoms with van der Waals surface area (Å²) in [6.45, 7) is 1.91. The lowest BCUT2D eigenvalue weighted by Gasteiger charge is -2.05. The van der Waals surface area contributed by atoms with E-state index in [1.807, 2.05) is 19.1 Å². The normalized spacial score (nSPS) is 12.0. The predicted octanol–water partition coefficient (Wildman–Crippen LogP) is 5.43. The Morgan fingerprint density at radius 2 is 1.42 bits per heavy atom. The zero-order chi connectivity index (χ0) is 13.9. The Kier molecular flexibility index (Phi) is 3.64. The molecule has 0 aliphatic heterocycles. The minimum atomic E-state index is -4.37. The number of aryl methyl sites for hydroxylation is 1. The van der Waals surface area contributed by atoms with Crippen LogP contribution in [0.4, 0.5) is 24.5 Å². The van der Waals surface area contributed by atoms with Gasteiger partial charge < -0.3 is 0 Å². The lowest BCUT2D eigenvalue weighted by atomic mass is 10.2. The lowest BCUT2D eigenvalue weighted by molar-refractivity contribution is -0.137. The highest BCUT2D eigenvalue weighted by Crippen LogP contribution is 2.31. The van der Waals surface area contributed by atoms with Crippen molar-refractivity contribution in [3.05, 3.63) is 59.7 Å². The Labute approximate surface area is 108 Å². The van der Waals surface area contributed by atoms with Crippen LogP contribution in [0.2, 0.25) is 0 Å². The van der Waals surface area contributed by atoms with Crippen molar-refractivity contribution in [2.75, 3.05) is 0 Å². The average Bonchev–Trinajstić information content (AvgIpc) is 2.36. The van der Waals surface area contributed by atoms with E-state index >= 15 is 0 Å². The first-order chi connectivity index (χ1) is 8.95. The number of benzene rings is 2. The van der Waals surface area contributed by atoms with Crippen LogP contribution < -0.4 is 0 Å². The first kappa shape index (κ1) is 13.3. The maximum absolute atomic E-state index is 12.5. The van der Waals surface area contributed by atoms with Gasteiger partial charge in [-0.15, -0.1) is 0 Å². The molecule has 0 fully saturated rings. The van der Waals surface area contributed by atoms with E-state index in [0.29, 0.717) is 5.69 Å². The minimum Gasteiger partial charge on any atom is -0.166 e. The van der Waals surface area contributed by atoms with E-state index in [-0.39, 0.29) is 5.69 Å². The molecular weight excluding hydrogens is 253 g/mol. The third-order valence-electron chi connectivity index (χ3n) is 2.46. The van der Waals surface area contributed by atoms with Crippen molar-refractivity contribution >= 4 is 11.4 Å². The van der Waals surface area contributed by atoms with Crippen LogP contribution >= 0.6 is 0 Å². The van der Waals surface area contributed by atoms with E-state index in [1.54, 1.807) is 12.1 Å². The molecular formula is C14H11F3N2. The summed E-state index contributed by atoms with van der Waals surface area (Å²) in [4.78, 5) is 0. The summed E-state index contributed by atoms with van der Waals surface area (Å²) in [5.41, 5.74) is 1.07. The SMILES string of the molecule is Cc1cccc(N=Nc2cccc(C(F)(F)F)c2)c1. The summed E-state index contributed by atoms with van der Waals surface area (Å²) in [7, 11) is 0. The molecule has 5 heteroatoms. The van der Waals surface area contributed by atoms with Gasteiger partial charge in [0.25, 0.3) is 0 Å². The number of halogens is 3. The van der Waals surface area contributed by atoms with Crippen LogP contribution in [0, 0.1) is 6.92 Å². The number of hydrogen-bond donors (Lipinski definition) is 0. The quantitative estimate of drug-likeness (QED) is 0.646. The van der Waals surface area contributed by atoms with Gasteiger partial charge in [-0.1, -0.05) is 18.2 Å². The monoisotopic (exact) mass is 264 g/mol. The third kappa shape index (κ3) is 3.64. The summed E-state index contributed by atoms with van der Waals surface area (Å²) >= 11 is 0. The van der Waals surface area contributed by atoms with Crippen LogP contribution in [0.25, 0.3) is 0 Å². The van der Waals surface area contributed by atoms with Gasteiger partial charge in [0, 0.05) is 0 Å². The highest BCUT2D eigenvalue weighted by atomic mass is 19.4. The first-order valence-corrected chi connectivity index (χ1v) is 5.61. The van der Waals surface area contributed by atoms with E-state index in [2.05, 4.69) is 10.2 Å². The van der Waals surface area contributed by atoms with E-state index in [4.69, 9.17) is 0 Å². The van der Waals surface area contributed by atoms with Gasteiger partial charge in [-0.2, -0.15) is 23.4 Å². The van der Waals surface area contributed by atoms with Gasteiger partial charge in [-0.3, -0.25) is 0 Å². The second kappa shape index (κ2) is 5.22. The second-order valence-corrected chi connectivity index (χ2v) is 4.09. The molecule has 0 amide bonds. The van der Waals surface area contributed by atoms with Crippen molar-refractivity contribution in [2.45, 2.75) is 13.1 Å². The molecule has 2 rings (SSSR count). The van der Waals surface area contributed by atoms with Gasteiger partial charge >= 0.3 is 6.18 Å². The standard InChI is InChI=1S/C14H11F3N2/c1-10-4-2-6-12(8-10)18-19-13-7-3-5-11(9-13)14(15,16)17/h2-9H,1H3. The van der Waals surface area contributed by atoms with Gasteiger partial charge in [-0.05, 0) is 42.8 Å². The van der Waals surface area contributed by atoms with Crippen LogP contribution in [-0.2, 0) is 6.18 Å². The molecule has 0 aliphatic carbocycles. The maximum Gasteiger partial charge on any atom is 0.416 e. The maximum atomic E-state index is 12.5. The summed E-state index contributed by atoms with van der Waals surface area (Å²) in [5.74, 6) is 0. The van der Waals surface area contributed by atoms with Crippen molar-refractivity contribution < 1.29 is 13.2 Å². The van der Waals surface area contributed by atoms with E-state index < -0.39 is 11.7 Å². The minimum absolute atomic E-state index is 0.177. The van der Waals surface area contributed by atoms with Crippen molar-refractivity contribution in [3.8, 4) is 0 Å². The largest absolute Gasteiger partial charge is 0.416 e. The Balaban J connectivity index is 2.24. The molecule has 0 saturated heterocycles. The van der Waals surface area contributed by atoms with Crippen molar-refractivity contribution in [1.82, 2.24) is 0 Å². The predicted molar refractivity (Wildman–Crippen MR) is 66.8 cm³/mol. The molecule has 0 atom stereocenters. The van der Waals surface area contributed by atoms with Gasteiger partial charge in [0.1, 0.15) is 0 Å². The lowest BCUT2D eigenvalue weighted by Crippen LogP contribution is -2.03. The number of rotatable bonds is 2. The summed E-state index contributed by atoms with van der Waals surface area (Å²) in [5, 5.41) is 7.73. The van der Waals surface area contributed by atoms with Crippen molar-refractivity contribution in [2.24, 2.45) is 10.2 Å². The molecule has 0 unspecified atom stereocenters. The van der Waals surface area contributed by atoms with E-state index in [0.717, 1.165) is 17.7 Å². The topological polar surface area (TPSA) is 24.7 Å². The number of azo groups is 1. The molecule has 0 aromatic heterocycles. The fourth-order valence-corrected chi connectivity index (χ4v) is 1.55. The molecule has 0 N–H and O–H groups in total. The molecule has 2 aromatic carbocycles. The molecule has 19 heavy (non-hydrogen) atoms. The van der Waals surface area contributed by atoms with Crippen LogP contribution in [-0.4, -0.2) is 0 Å². The summed E-state index contributed by atoms with van der Waals surface area (Å²) < 4.78 is 37.5. The van der Waals surface area contributed by atoms with Gasteiger partial charge in [0.05, 0.1) is 16.9 Å². The van der Waals surface area contributed by atoms with Gasteiger partial charge in [0.2, 0.25) is 0 Å². The van der Waals surface area contributed by atoms with Crippen LogP contribution in [0.5, 0.6) is 0 Å². The smallest absolute Gasteiger partial charge is 0.166 e. The molecule has 2 nitrogen and oxygen atoms in total. The van der Waals surface area contributed by atoms with Crippen LogP contribution in [0.3, 0.4) is 0 Å². The number of alkyl halides is 3. The molecule has 0 saturated carbocycles.